The summed E-state index contributed by atoms with van der Waals surface area (Å²) in [6.45, 7) is 7.01. The minimum atomic E-state index is -4.11. The van der Waals surface area contributed by atoms with Crippen molar-refractivity contribution in [1.29, 1.82) is 0 Å². The zero-order chi connectivity index (χ0) is 21.9. The summed E-state index contributed by atoms with van der Waals surface area (Å²) in [6.07, 6.45) is 0. The lowest BCUT2D eigenvalue weighted by Crippen LogP contribution is -2.40. The molecular weight excluding hydrogens is 398 g/mol. The molecule has 30 heavy (non-hydrogen) atoms. The second-order valence-corrected chi connectivity index (χ2v) is 9.06. The van der Waals surface area contributed by atoms with E-state index in [2.05, 4.69) is 0 Å². The molecule has 1 amide bonds. The number of benzene rings is 3. The van der Waals surface area contributed by atoms with Crippen molar-refractivity contribution in [3.63, 3.8) is 0 Å². The molecule has 6 heteroatoms. The Kier molecular flexibility index (Phi) is 6.27. The molecule has 0 saturated carbocycles. The van der Waals surface area contributed by atoms with E-state index in [1.54, 1.807) is 37.3 Å². The first kappa shape index (κ1) is 21.6. The molecule has 0 fully saturated rings. The molecule has 0 unspecified atom stereocenters. The van der Waals surface area contributed by atoms with Crippen LogP contribution in [0.5, 0.6) is 5.75 Å². The van der Waals surface area contributed by atoms with Gasteiger partial charge in [0.1, 0.15) is 5.75 Å². The van der Waals surface area contributed by atoms with Crippen LogP contribution in [-0.2, 0) is 14.8 Å². The number of ether oxygens (including phenoxy) is 1. The minimum Gasteiger partial charge on any atom is -0.483 e. The SMILES string of the molecule is Cc1ccc(C)c(N(C(=O)COc2c(C)cccc2C)S(=O)(=O)c2ccccc2)c1. The third kappa shape index (κ3) is 4.39. The van der Waals surface area contributed by atoms with Gasteiger partial charge in [-0.25, -0.2) is 8.42 Å². The van der Waals surface area contributed by atoms with E-state index in [0.717, 1.165) is 21.0 Å². The lowest BCUT2D eigenvalue weighted by atomic mass is 10.1. The van der Waals surface area contributed by atoms with Crippen molar-refractivity contribution in [3.05, 3.63) is 89.0 Å². The summed E-state index contributed by atoms with van der Waals surface area (Å²) in [5.74, 6) is -0.0703. The smallest absolute Gasteiger partial charge is 0.278 e. The second kappa shape index (κ2) is 8.71. The molecular formula is C24H25NO4S. The zero-order valence-electron chi connectivity index (χ0n) is 17.5. The van der Waals surface area contributed by atoms with Crippen molar-refractivity contribution in [3.8, 4) is 5.75 Å². The minimum absolute atomic E-state index is 0.0475. The Morgan fingerprint density at radius 1 is 0.833 bits per heavy atom. The number of rotatable bonds is 6. The molecule has 3 aromatic rings. The van der Waals surface area contributed by atoms with Gasteiger partial charge in [-0.2, -0.15) is 4.31 Å². The molecule has 0 N–H and O–H groups in total. The Labute approximate surface area is 178 Å². The van der Waals surface area contributed by atoms with E-state index in [1.165, 1.54) is 12.1 Å². The van der Waals surface area contributed by atoms with Crippen molar-refractivity contribution in [1.82, 2.24) is 0 Å². The second-order valence-electron chi connectivity index (χ2n) is 7.28. The average Bonchev–Trinajstić information content (AvgIpc) is 2.71. The van der Waals surface area contributed by atoms with Crippen molar-refractivity contribution in [2.75, 3.05) is 10.9 Å². The summed E-state index contributed by atoms with van der Waals surface area (Å²) >= 11 is 0. The molecule has 0 spiro atoms. The van der Waals surface area contributed by atoms with Crippen molar-refractivity contribution >= 4 is 21.6 Å². The van der Waals surface area contributed by atoms with E-state index < -0.39 is 22.5 Å². The first-order chi connectivity index (χ1) is 14.2. The summed E-state index contributed by atoms with van der Waals surface area (Å²) < 4.78 is 33.5. The van der Waals surface area contributed by atoms with E-state index in [1.807, 2.05) is 45.0 Å². The van der Waals surface area contributed by atoms with Crippen LogP contribution in [0.3, 0.4) is 0 Å². The van der Waals surface area contributed by atoms with Crippen LogP contribution >= 0.6 is 0 Å². The van der Waals surface area contributed by atoms with Gasteiger partial charge in [-0.15, -0.1) is 0 Å². The number of hydrogen-bond donors (Lipinski definition) is 0. The number of hydrogen-bond acceptors (Lipinski definition) is 4. The van der Waals surface area contributed by atoms with Crippen molar-refractivity contribution in [2.45, 2.75) is 32.6 Å². The van der Waals surface area contributed by atoms with Gasteiger partial charge in [0.15, 0.2) is 6.61 Å². The summed E-state index contributed by atoms with van der Waals surface area (Å²) in [4.78, 5) is 13.3. The van der Waals surface area contributed by atoms with Gasteiger partial charge >= 0.3 is 0 Å². The quantitative estimate of drug-likeness (QED) is 0.575. The van der Waals surface area contributed by atoms with Gasteiger partial charge in [0.2, 0.25) is 0 Å². The summed E-state index contributed by atoms with van der Waals surface area (Å²) in [5.41, 5.74) is 3.63. The van der Waals surface area contributed by atoms with Gasteiger partial charge in [0.05, 0.1) is 10.6 Å². The molecule has 156 valence electrons. The molecule has 5 nitrogen and oxygen atoms in total. The third-order valence-electron chi connectivity index (χ3n) is 4.84. The van der Waals surface area contributed by atoms with Crippen molar-refractivity contribution < 1.29 is 17.9 Å². The fourth-order valence-corrected chi connectivity index (χ4v) is 4.74. The fourth-order valence-electron chi connectivity index (χ4n) is 3.25. The van der Waals surface area contributed by atoms with Gasteiger partial charge in [-0.3, -0.25) is 4.79 Å². The molecule has 0 aliphatic rings. The van der Waals surface area contributed by atoms with Crippen LogP contribution in [0.15, 0.2) is 71.6 Å². The Morgan fingerprint density at radius 3 is 2.10 bits per heavy atom. The normalized spacial score (nSPS) is 11.2. The van der Waals surface area contributed by atoms with Crippen LogP contribution in [-0.4, -0.2) is 20.9 Å². The van der Waals surface area contributed by atoms with Crippen LogP contribution in [0.25, 0.3) is 0 Å². The highest BCUT2D eigenvalue weighted by Crippen LogP contribution is 2.29. The molecule has 0 aliphatic carbocycles. The van der Waals surface area contributed by atoms with Crippen LogP contribution in [0, 0.1) is 27.7 Å². The Bertz CT molecular complexity index is 1150. The summed E-state index contributed by atoms with van der Waals surface area (Å²) in [7, 11) is -4.11. The largest absolute Gasteiger partial charge is 0.483 e. The van der Waals surface area contributed by atoms with E-state index in [0.29, 0.717) is 17.0 Å². The fraction of sp³-hybridized carbons (Fsp3) is 0.208. The predicted molar refractivity (Wildman–Crippen MR) is 118 cm³/mol. The number of amides is 1. The number of aryl methyl sites for hydroxylation is 4. The maximum absolute atomic E-state index is 13.4. The molecule has 0 bridgehead atoms. The van der Waals surface area contributed by atoms with Crippen LogP contribution < -0.4 is 9.04 Å². The number of nitrogens with zero attached hydrogens (tertiary/aromatic N) is 1. The zero-order valence-corrected chi connectivity index (χ0v) is 18.4. The van der Waals surface area contributed by atoms with E-state index in [4.69, 9.17) is 4.74 Å². The Hall–Kier alpha value is -3.12. The van der Waals surface area contributed by atoms with Crippen LogP contribution in [0.2, 0.25) is 0 Å². The third-order valence-corrected chi connectivity index (χ3v) is 6.59. The monoisotopic (exact) mass is 423 g/mol. The van der Waals surface area contributed by atoms with E-state index >= 15 is 0 Å². The first-order valence-corrected chi connectivity index (χ1v) is 11.1. The maximum Gasteiger partial charge on any atom is 0.278 e. The Morgan fingerprint density at radius 2 is 1.47 bits per heavy atom. The highest BCUT2D eigenvalue weighted by atomic mass is 32.2. The number of para-hydroxylation sites is 1. The Balaban J connectivity index is 2.03. The van der Waals surface area contributed by atoms with Crippen molar-refractivity contribution in [2.24, 2.45) is 0 Å². The molecule has 0 heterocycles. The highest BCUT2D eigenvalue weighted by Gasteiger charge is 2.32. The maximum atomic E-state index is 13.4. The number of carbonyl (C=O) groups excluding carboxylic acids is 1. The number of sulfonamides is 1. The lowest BCUT2D eigenvalue weighted by Gasteiger charge is -2.25. The van der Waals surface area contributed by atoms with Crippen LogP contribution in [0.4, 0.5) is 5.69 Å². The van der Waals surface area contributed by atoms with E-state index in [-0.39, 0.29) is 4.90 Å². The van der Waals surface area contributed by atoms with E-state index in [9.17, 15) is 13.2 Å². The predicted octanol–water partition coefficient (Wildman–Crippen LogP) is 4.72. The van der Waals surface area contributed by atoms with Gasteiger partial charge in [-0.05, 0) is 68.1 Å². The first-order valence-electron chi connectivity index (χ1n) is 9.61. The number of anilines is 1. The van der Waals surface area contributed by atoms with Gasteiger partial charge in [0.25, 0.3) is 15.9 Å². The average molecular weight is 424 g/mol. The topological polar surface area (TPSA) is 63.7 Å². The number of carbonyl (C=O) groups is 1. The molecule has 0 aromatic heterocycles. The molecule has 3 aromatic carbocycles. The molecule has 3 rings (SSSR count). The van der Waals surface area contributed by atoms with Gasteiger partial charge in [-0.1, -0.05) is 48.5 Å². The molecule has 0 aliphatic heterocycles. The summed E-state index contributed by atoms with van der Waals surface area (Å²) in [5, 5.41) is 0. The molecule has 0 radical (unpaired) electrons. The molecule has 0 atom stereocenters. The lowest BCUT2D eigenvalue weighted by molar-refractivity contribution is -0.119. The van der Waals surface area contributed by atoms with Crippen LogP contribution in [0.1, 0.15) is 22.3 Å². The molecule has 0 saturated heterocycles. The summed E-state index contributed by atoms with van der Waals surface area (Å²) in [6, 6.07) is 19.0. The van der Waals surface area contributed by atoms with Gasteiger partial charge in [0, 0.05) is 0 Å². The van der Waals surface area contributed by atoms with Gasteiger partial charge < -0.3 is 4.74 Å². The highest BCUT2D eigenvalue weighted by molar-refractivity contribution is 7.93. The standard InChI is InChI=1S/C24H25NO4S/c1-17-13-14-18(2)22(15-17)25(30(27,28)21-11-6-5-7-12-21)23(26)16-29-24-19(3)9-8-10-20(24)4/h5-15H,16H2,1-4H3.